The van der Waals surface area contributed by atoms with Gasteiger partial charge in [-0.1, -0.05) is 60.7 Å². The van der Waals surface area contributed by atoms with Crippen LogP contribution in [-0.2, 0) is 12.8 Å². The van der Waals surface area contributed by atoms with Crippen LogP contribution in [0.2, 0.25) is 0 Å². The van der Waals surface area contributed by atoms with Crippen LogP contribution in [0.4, 0.5) is 0 Å². The zero-order valence-electron chi connectivity index (χ0n) is 15.2. The van der Waals surface area contributed by atoms with Crippen molar-refractivity contribution in [2.75, 3.05) is 6.26 Å². The van der Waals surface area contributed by atoms with E-state index in [9.17, 15) is 0 Å². The second-order valence-corrected chi connectivity index (χ2v) is 7.73. The summed E-state index contributed by atoms with van der Waals surface area (Å²) in [6.07, 6.45) is 4.18. The van der Waals surface area contributed by atoms with Gasteiger partial charge in [0.2, 0.25) is 0 Å². The van der Waals surface area contributed by atoms with Gasteiger partial charge in [0.25, 0.3) is 0 Å². The smallest absolute Gasteiger partial charge is 0.138 e. The molecule has 5 rings (SSSR count). The van der Waals surface area contributed by atoms with Gasteiger partial charge in [-0.2, -0.15) is 0 Å². The number of rotatable bonds is 2. The van der Waals surface area contributed by atoms with Gasteiger partial charge in [-0.25, -0.2) is 4.98 Å². The Bertz CT molecular complexity index is 1040. The van der Waals surface area contributed by atoms with Gasteiger partial charge in [0.1, 0.15) is 5.82 Å². The first-order valence-corrected chi connectivity index (χ1v) is 10.5. The molecule has 4 aromatic rings. The number of nitrogens with zero attached hydrogens (tertiary/aromatic N) is 1. The lowest BCUT2D eigenvalue weighted by atomic mass is 9.89. The highest BCUT2D eigenvalue weighted by atomic mass is 32.2. The fourth-order valence-electron chi connectivity index (χ4n) is 3.87. The second kappa shape index (κ2) is 6.75. The molecule has 1 N–H and O–H groups in total. The first-order chi connectivity index (χ1) is 13.3. The van der Waals surface area contributed by atoms with E-state index in [4.69, 9.17) is 4.98 Å². The van der Waals surface area contributed by atoms with Gasteiger partial charge in [0.15, 0.2) is 0 Å². The molecule has 0 saturated heterocycles. The molecule has 0 saturated carbocycles. The largest absolute Gasteiger partial charge is 0.337 e. The van der Waals surface area contributed by atoms with Gasteiger partial charge >= 0.3 is 0 Å². The van der Waals surface area contributed by atoms with E-state index in [0.717, 1.165) is 35.6 Å². The van der Waals surface area contributed by atoms with Crippen LogP contribution in [0.15, 0.2) is 77.7 Å². The molecule has 3 aromatic carbocycles. The number of hydrogen-bond donors (Lipinski definition) is 1. The summed E-state index contributed by atoms with van der Waals surface area (Å²) in [7, 11) is 0. The summed E-state index contributed by atoms with van der Waals surface area (Å²) >= 11 is 1.76. The van der Waals surface area contributed by atoms with E-state index in [1.165, 1.54) is 27.1 Å². The first-order valence-electron chi connectivity index (χ1n) is 9.24. The summed E-state index contributed by atoms with van der Waals surface area (Å²) in [6.45, 7) is 0. The maximum absolute atomic E-state index is 5.06. The molecule has 0 amide bonds. The summed E-state index contributed by atoms with van der Waals surface area (Å²) in [4.78, 5) is 9.95. The number of benzene rings is 3. The standard InChI is InChI=1S/C24H20N2S/c1-27-19-14-12-18(13-15-19)24-25-22-20-8-4-2-6-16(20)10-11-17-7-3-5-9-21(17)23(22)26-24/h2-9,12-15H,10-11H2,1H3,(H,25,26). The highest BCUT2D eigenvalue weighted by Gasteiger charge is 2.21. The molecule has 1 aliphatic rings. The number of aryl methyl sites for hydroxylation is 2. The van der Waals surface area contributed by atoms with Crippen molar-refractivity contribution in [1.29, 1.82) is 0 Å². The van der Waals surface area contributed by atoms with Crippen LogP contribution in [0, 0.1) is 0 Å². The van der Waals surface area contributed by atoms with Crippen LogP contribution < -0.4 is 0 Å². The maximum atomic E-state index is 5.06. The van der Waals surface area contributed by atoms with Gasteiger partial charge < -0.3 is 4.98 Å². The molecule has 0 fully saturated rings. The highest BCUT2D eigenvalue weighted by molar-refractivity contribution is 7.98. The second-order valence-electron chi connectivity index (χ2n) is 6.85. The van der Waals surface area contributed by atoms with Crippen LogP contribution in [0.25, 0.3) is 33.9 Å². The molecule has 27 heavy (non-hydrogen) atoms. The zero-order chi connectivity index (χ0) is 18.2. The lowest BCUT2D eigenvalue weighted by Crippen LogP contribution is -2.01. The van der Waals surface area contributed by atoms with Gasteiger partial charge in [0, 0.05) is 21.6 Å². The lowest BCUT2D eigenvalue weighted by Gasteiger charge is -2.16. The normalized spacial score (nSPS) is 12.5. The number of imidazole rings is 1. The molecule has 1 aliphatic carbocycles. The van der Waals surface area contributed by atoms with Crippen molar-refractivity contribution in [3.05, 3.63) is 83.9 Å². The van der Waals surface area contributed by atoms with E-state index in [2.05, 4.69) is 84.0 Å². The molecule has 1 heterocycles. The van der Waals surface area contributed by atoms with E-state index in [0.29, 0.717) is 0 Å². The van der Waals surface area contributed by atoms with E-state index < -0.39 is 0 Å². The molecule has 1 aromatic heterocycles. The quantitative estimate of drug-likeness (QED) is 0.425. The minimum atomic E-state index is 0.930. The van der Waals surface area contributed by atoms with Crippen molar-refractivity contribution >= 4 is 11.8 Å². The minimum absolute atomic E-state index is 0.930. The van der Waals surface area contributed by atoms with Crippen molar-refractivity contribution < 1.29 is 0 Å². The topological polar surface area (TPSA) is 28.7 Å². The first kappa shape index (κ1) is 16.4. The Kier molecular flexibility index (Phi) is 4.10. The van der Waals surface area contributed by atoms with Crippen LogP contribution in [0.5, 0.6) is 0 Å². The monoisotopic (exact) mass is 368 g/mol. The molecule has 0 bridgehead atoms. The summed E-state index contributed by atoms with van der Waals surface area (Å²) in [5.74, 6) is 0.930. The third kappa shape index (κ3) is 2.88. The number of H-pyrrole nitrogens is 1. The Labute approximate surface area is 163 Å². The van der Waals surface area contributed by atoms with Crippen molar-refractivity contribution in [3.8, 4) is 33.9 Å². The van der Waals surface area contributed by atoms with Crippen molar-refractivity contribution in [2.45, 2.75) is 17.7 Å². The van der Waals surface area contributed by atoms with Gasteiger partial charge in [0.05, 0.1) is 11.4 Å². The van der Waals surface area contributed by atoms with Gasteiger partial charge in [-0.15, -0.1) is 11.8 Å². The molecule has 0 aliphatic heterocycles. The Morgan fingerprint density at radius 2 is 1.41 bits per heavy atom. The number of nitrogens with one attached hydrogen (secondary N) is 1. The summed E-state index contributed by atoms with van der Waals surface area (Å²) in [6, 6.07) is 26.0. The SMILES string of the molecule is CSc1ccc(-c2nc3c([nH]2)-c2ccccc2CCc2ccccc2-3)cc1. The van der Waals surface area contributed by atoms with Crippen molar-refractivity contribution in [2.24, 2.45) is 0 Å². The predicted octanol–water partition coefficient (Wildman–Crippen LogP) is 6.23. The Morgan fingerprint density at radius 3 is 2.11 bits per heavy atom. The molecule has 0 radical (unpaired) electrons. The van der Waals surface area contributed by atoms with Crippen molar-refractivity contribution in [1.82, 2.24) is 9.97 Å². The maximum Gasteiger partial charge on any atom is 0.138 e. The average molecular weight is 369 g/mol. The molecule has 3 heteroatoms. The number of aromatic nitrogens is 2. The molecule has 0 spiro atoms. The minimum Gasteiger partial charge on any atom is -0.337 e. The van der Waals surface area contributed by atoms with Crippen LogP contribution >= 0.6 is 11.8 Å². The summed E-state index contributed by atoms with van der Waals surface area (Å²) in [5, 5.41) is 0. The van der Waals surface area contributed by atoms with Crippen molar-refractivity contribution in [3.63, 3.8) is 0 Å². The molecule has 0 unspecified atom stereocenters. The Hall–Kier alpha value is -2.78. The van der Waals surface area contributed by atoms with Crippen LogP contribution in [-0.4, -0.2) is 16.2 Å². The predicted molar refractivity (Wildman–Crippen MR) is 114 cm³/mol. The third-order valence-corrected chi connectivity index (χ3v) is 6.03. The number of thioether (sulfide) groups is 1. The number of aromatic amines is 1. The van der Waals surface area contributed by atoms with Gasteiger partial charge in [-0.05, 0) is 42.4 Å². The molecular formula is C24H20N2S. The Balaban J connectivity index is 1.74. The van der Waals surface area contributed by atoms with E-state index >= 15 is 0 Å². The highest BCUT2D eigenvalue weighted by Crippen LogP contribution is 2.38. The van der Waals surface area contributed by atoms with Crippen LogP contribution in [0.1, 0.15) is 11.1 Å². The average Bonchev–Trinajstić information content (AvgIpc) is 3.16. The van der Waals surface area contributed by atoms with Gasteiger partial charge in [-0.3, -0.25) is 0 Å². The molecule has 132 valence electrons. The molecule has 2 nitrogen and oxygen atoms in total. The van der Waals surface area contributed by atoms with Crippen LogP contribution in [0.3, 0.4) is 0 Å². The lowest BCUT2D eigenvalue weighted by molar-refractivity contribution is 0.958. The van der Waals surface area contributed by atoms with E-state index in [1.807, 2.05) is 0 Å². The molecular weight excluding hydrogens is 348 g/mol. The van der Waals surface area contributed by atoms with E-state index in [-0.39, 0.29) is 0 Å². The fourth-order valence-corrected chi connectivity index (χ4v) is 4.28. The third-order valence-electron chi connectivity index (χ3n) is 5.29. The van der Waals surface area contributed by atoms with E-state index in [1.54, 1.807) is 11.8 Å². The fraction of sp³-hybridized carbons (Fsp3) is 0.125. The summed E-state index contributed by atoms with van der Waals surface area (Å²) in [5.41, 5.74) is 8.55. The number of fused-ring (bicyclic) bond motifs is 5. The summed E-state index contributed by atoms with van der Waals surface area (Å²) < 4.78 is 0. The molecule has 0 atom stereocenters. The number of hydrogen-bond acceptors (Lipinski definition) is 2. The Morgan fingerprint density at radius 1 is 0.778 bits per heavy atom. The zero-order valence-corrected chi connectivity index (χ0v) is 16.0.